The smallest absolute Gasteiger partial charge is 0.345 e. The molecule has 0 saturated carbocycles. The third-order valence-electron chi connectivity index (χ3n) is 4.25. The van der Waals surface area contributed by atoms with Crippen molar-refractivity contribution in [2.45, 2.75) is 13.5 Å². The second-order valence-corrected chi connectivity index (χ2v) is 7.30. The van der Waals surface area contributed by atoms with Crippen molar-refractivity contribution in [3.63, 3.8) is 0 Å². The van der Waals surface area contributed by atoms with Crippen LogP contribution in [0.5, 0.6) is 0 Å². The fourth-order valence-corrected chi connectivity index (χ4v) is 3.91. The molecule has 2 aromatic carbocycles. The minimum Gasteiger partial charge on any atom is -0.422 e. The number of rotatable bonds is 4. The summed E-state index contributed by atoms with van der Waals surface area (Å²) >= 11 is 7.32. The predicted octanol–water partition coefficient (Wildman–Crippen LogP) is 4.93. The van der Waals surface area contributed by atoms with Crippen LogP contribution < -0.4 is 10.4 Å². The van der Waals surface area contributed by atoms with E-state index >= 15 is 0 Å². The Morgan fingerprint density at radius 2 is 1.96 bits per heavy atom. The van der Waals surface area contributed by atoms with Crippen molar-refractivity contribution in [3.05, 3.63) is 85.8 Å². The van der Waals surface area contributed by atoms with E-state index in [1.807, 2.05) is 53.3 Å². The third kappa shape index (κ3) is 3.69. The minimum atomic E-state index is -0.366. The van der Waals surface area contributed by atoms with E-state index in [0.29, 0.717) is 27.5 Å². The summed E-state index contributed by atoms with van der Waals surface area (Å²) in [6, 6.07) is 16.7. The van der Waals surface area contributed by atoms with Crippen LogP contribution in [0.2, 0.25) is 5.02 Å². The van der Waals surface area contributed by atoms with Crippen molar-refractivity contribution in [3.8, 4) is 11.3 Å². The molecule has 0 aliphatic rings. The van der Waals surface area contributed by atoms with Crippen LogP contribution in [-0.4, -0.2) is 10.8 Å². The van der Waals surface area contributed by atoms with Gasteiger partial charge in [-0.3, -0.25) is 0 Å². The van der Waals surface area contributed by atoms with Crippen LogP contribution in [0.25, 0.3) is 22.2 Å². The molecule has 2 heterocycles. The lowest BCUT2D eigenvalue weighted by molar-refractivity contribution is 0.562. The van der Waals surface area contributed by atoms with Gasteiger partial charge in [0.25, 0.3) is 0 Å². The molecule has 0 aliphatic carbocycles. The van der Waals surface area contributed by atoms with Gasteiger partial charge in [-0.25, -0.2) is 4.79 Å². The first-order valence-electron chi connectivity index (χ1n) is 8.70. The summed E-state index contributed by atoms with van der Waals surface area (Å²) in [5.74, 6) is 0. The lowest BCUT2D eigenvalue weighted by atomic mass is 10.1. The molecule has 0 saturated heterocycles. The Balaban J connectivity index is 1.75. The van der Waals surface area contributed by atoms with Crippen molar-refractivity contribution in [2.24, 2.45) is 10.2 Å². The highest BCUT2D eigenvalue weighted by atomic mass is 35.5. The quantitative estimate of drug-likeness (QED) is 0.272. The van der Waals surface area contributed by atoms with Gasteiger partial charge in [-0.15, -0.1) is 16.4 Å². The Morgan fingerprint density at radius 1 is 1.18 bits per heavy atom. The molecular weight excluding hydrogens is 394 g/mol. The van der Waals surface area contributed by atoms with Crippen molar-refractivity contribution >= 4 is 40.1 Å². The van der Waals surface area contributed by atoms with Crippen molar-refractivity contribution in [1.29, 1.82) is 0 Å². The standard InChI is InChI=1S/C21H16ClN3O2S/c1-2-25-18(17-11-15-5-3-4-6-19(15)27-20(17)26)13-28-21(25)24-23-12-14-7-9-16(22)10-8-14/h3-13H,2H2,1H3/b23-12+,24-21+. The van der Waals surface area contributed by atoms with Crippen LogP contribution in [0.3, 0.4) is 0 Å². The minimum absolute atomic E-state index is 0.366. The highest BCUT2D eigenvalue weighted by Crippen LogP contribution is 2.21. The number of fused-ring (bicyclic) bond motifs is 1. The number of hydrogen-bond acceptors (Lipinski definition) is 5. The molecule has 0 radical (unpaired) electrons. The predicted molar refractivity (Wildman–Crippen MR) is 114 cm³/mol. The van der Waals surface area contributed by atoms with Gasteiger partial charge in [0, 0.05) is 22.3 Å². The van der Waals surface area contributed by atoms with Gasteiger partial charge in [0.15, 0.2) is 0 Å². The van der Waals surface area contributed by atoms with Crippen molar-refractivity contribution in [2.75, 3.05) is 0 Å². The van der Waals surface area contributed by atoms with Gasteiger partial charge in [0.05, 0.1) is 17.5 Å². The molecule has 5 nitrogen and oxygen atoms in total. The summed E-state index contributed by atoms with van der Waals surface area (Å²) in [5.41, 5.74) is 2.40. The Kier molecular flexibility index (Phi) is 5.23. The molecule has 28 heavy (non-hydrogen) atoms. The zero-order valence-electron chi connectivity index (χ0n) is 15.0. The first-order chi connectivity index (χ1) is 13.7. The molecule has 7 heteroatoms. The SMILES string of the molecule is CCn1c(-c2cc3ccccc3oc2=O)cs/c1=N/N=C/c1ccc(Cl)cc1. The van der Waals surface area contributed by atoms with Crippen LogP contribution in [0.4, 0.5) is 0 Å². The molecule has 2 aromatic heterocycles. The van der Waals surface area contributed by atoms with Crippen LogP contribution >= 0.6 is 22.9 Å². The number of aromatic nitrogens is 1. The van der Waals surface area contributed by atoms with Gasteiger partial charge in [-0.2, -0.15) is 5.10 Å². The molecule has 0 aliphatic heterocycles. The topological polar surface area (TPSA) is 59.9 Å². The van der Waals surface area contributed by atoms with E-state index in [9.17, 15) is 4.79 Å². The lowest BCUT2D eigenvalue weighted by Gasteiger charge is -2.05. The summed E-state index contributed by atoms with van der Waals surface area (Å²) in [7, 11) is 0. The average molecular weight is 410 g/mol. The van der Waals surface area contributed by atoms with Crippen LogP contribution in [0.1, 0.15) is 12.5 Å². The van der Waals surface area contributed by atoms with Gasteiger partial charge in [-0.05, 0) is 36.8 Å². The van der Waals surface area contributed by atoms with Gasteiger partial charge in [0.1, 0.15) is 5.58 Å². The maximum Gasteiger partial charge on any atom is 0.345 e. The average Bonchev–Trinajstić information content (AvgIpc) is 3.11. The molecule has 0 spiro atoms. The van der Waals surface area contributed by atoms with Crippen LogP contribution in [0.15, 0.2) is 79.4 Å². The van der Waals surface area contributed by atoms with Crippen LogP contribution in [0, 0.1) is 0 Å². The van der Waals surface area contributed by atoms with Gasteiger partial charge >= 0.3 is 5.63 Å². The van der Waals surface area contributed by atoms with E-state index in [0.717, 1.165) is 16.6 Å². The summed E-state index contributed by atoms with van der Waals surface area (Å²) in [4.78, 5) is 13.2. The zero-order valence-corrected chi connectivity index (χ0v) is 16.6. The van der Waals surface area contributed by atoms with Crippen LogP contribution in [-0.2, 0) is 6.54 Å². The molecule has 0 N–H and O–H groups in total. The summed E-state index contributed by atoms with van der Waals surface area (Å²) < 4.78 is 7.42. The van der Waals surface area contributed by atoms with Crippen molar-refractivity contribution < 1.29 is 4.42 Å². The second-order valence-electron chi connectivity index (χ2n) is 6.03. The second kappa shape index (κ2) is 7.96. The van der Waals surface area contributed by atoms with E-state index in [4.69, 9.17) is 16.0 Å². The fourth-order valence-electron chi connectivity index (χ4n) is 2.87. The van der Waals surface area contributed by atoms with E-state index in [1.54, 1.807) is 24.4 Å². The van der Waals surface area contributed by atoms with Gasteiger partial charge in [0.2, 0.25) is 4.80 Å². The Bertz CT molecular complexity index is 1280. The number of para-hydroxylation sites is 1. The first-order valence-corrected chi connectivity index (χ1v) is 9.95. The maximum absolute atomic E-state index is 12.5. The third-order valence-corrected chi connectivity index (χ3v) is 5.36. The number of hydrogen-bond donors (Lipinski definition) is 0. The number of thiazole rings is 1. The molecule has 0 bridgehead atoms. The van der Waals surface area contributed by atoms with Crippen molar-refractivity contribution in [1.82, 2.24) is 4.57 Å². The van der Waals surface area contributed by atoms with E-state index in [1.165, 1.54) is 11.3 Å². The van der Waals surface area contributed by atoms with Gasteiger partial charge < -0.3 is 8.98 Å². The Morgan fingerprint density at radius 3 is 2.75 bits per heavy atom. The Labute approximate surface area is 169 Å². The largest absolute Gasteiger partial charge is 0.422 e. The highest BCUT2D eigenvalue weighted by molar-refractivity contribution is 7.07. The monoisotopic (exact) mass is 409 g/mol. The fraction of sp³-hybridized carbons (Fsp3) is 0.0952. The molecule has 4 rings (SSSR count). The molecule has 140 valence electrons. The number of halogens is 1. The zero-order chi connectivity index (χ0) is 19.5. The molecular formula is C21H16ClN3O2S. The summed E-state index contributed by atoms with van der Waals surface area (Å²) in [6.45, 7) is 2.65. The highest BCUT2D eigenvalue weighted by Gasteiger charge is 2.13. The molecule has 0 amide bonds. The van der Waals surface area contributed by atoms with E-state index in [2.05, 4.69) is 10.2 Å². The number of benzene rings is 2. The maximum atomic E-state index is 12.5. The number of nitrogens with zero attached hydrogens (tertiary/aromatic N) is 3. The summed E-state index contributed by atoms with van der Waals surface area (Å²) in [6.07, 6.45) is 1.67. The van der Waals surface area contributed by atoms with Gasteiger partial charge in [-0.1, -0.05) is 41.9 Å². The molecule has 4 aromatic rings. The summed E-state index contributed by atoms with van der Waals surface area (Å²) in [5, 5.41) is 12.0. The Hall–Kier alpha value is -2.96. The van der Waals surface area contributed by atoms with E-state index < -0.39 is 0 Å². The normalized spacial score (nSPS) is 12.3. The molecule has 0 atom stereocenters. The molecule has 0 unspecified atom stereocenters. The van der Waals surface area contributed by atoms with E-state index in [-0.39, 0.29) is 5.63 Å². The lowest BCUT2D eigenvalue weighted by Crippen LogP contribution is -2.16. The first kappa shape index (κ1) is 18.4. The molecule has 0 fully saturated rings.